The van der Waals surface area contributed by atoms with Crippen LogP contribution in [0.3, 0.4) is 0 Å². The molecule has 22 heavy (non-hydrogen) atoms. The van der Waals surface area contributed by atoms with Gasteiger partial charge in [0.15, 0.2) is 0 Å². The Morgan fingerprint density at radius 1 is 0.864 bits per heavy atom. The molecule has 3 aromatic carbocycles. The van der Waals surface area contributed by atoms with Gasteiger partial charge in [0.2, 0.25) is 0 Å². The maximum atomic E-state index is 6.14. The summed E-state index contributed by atoms with van der Waals surface area (Å²) in [5.41, 5.74) is 3.36. The molecule has 4 rings (SSSR count). The molecule has 0 atom stereocenters. The van der Waals surface area contributed by atoms with Crippen molar-refractivity contribution in [1.82, 2.24) is 0 Å². The summed E-state index contributed by atoms with van der Waals surface area (Å²) in [4.78, 5) is 0. The molecule has 0 bridgehead atoms. The van der Waals surface area contributed by atoms with E-state index >= 15 is 0 Å². The second-order valence-electron chi connectivity index (χ2n) is 5.31. The molecule has 0 aliphatic rings. The van der Waals surface area contributed by atoms with Crippen LogP contribution in [0.15, 0.2) is 59.0 Å². The van der Waals surface area contributed by atoms with Crippen LogP contribution in [0.5, 0.6) is 0 Å². The van der Waals surface area contributed by atoms with Crippen LogP contribution >= 0.6 is 0 Å². The zero-order valence-corrected chi connectivity index (χ0v) is 11.5. The number of aryl methyl sites for hydroxylation is 1. The lowest BCUT2D eigenvalue weighted by Crippen LogP contribution is -1.85. The molecule has 4 aromatic rings. The van der Waals surface area contributed by atoms with Gasteiger partial charge < -0.3 is 4.42 Å². The lowest BCUT2D eigenvalue weighted by atomic mass is 9.98. The van der Waals surface area contributed by atoms with Crippen LogP contribution in [0.1, 0.15) is 33.8 Å². The molecule has 0 unspecified atom stereocenters. The molecule has 0 aliphatic heterocycles. The van der Waals surface area contributed by atoms with E-state index in [-0.39, 0.29) is 14.9 Å². The molecule has 114 valence electrons. The van der Waals surface area contributed by atoms with Crippen LogP contribution in [-0.4, -0.2) is 0 Å². The first-order valence-corrected chi connectivity index (χ1v) is 7.20. The van der Waals surface area contributed by atoms with E-state index in [4.69, 9.17) is 4.42 Å². The molecular weight excluding hydrogens is 268 g/mol. The summed E-state index contributed by atoms with van der Waals surface area (Å²) >= 11 is 0. The van der Waals surface area contributed by atoms with Crippen molar-refractivity contribution >= 4 is 32.7 Å². The van der Waals surface area contributed by atoms with E-state index in [0.717, 1.165) is 24.0 Å². The number of rotatable bonds is 2. The Kier molecular flexibility index (Phi) is 4.56. The van der Waals surface area contributed by atoms with Crippen molar-refractivity contribution in [3.8, 4) is 0 Å². The largest absolute Gasteiger partial charge is 0.456 e. The molecule has 0 amide bonds. The minimum absolute atomic E-state index is 0. The van der Waals surface area contributed by atoms with Gasteiger partial charge >= 0.3 is 0 Å². The fourth-order valence-corrected chi connectivity index (χ4v) is 3.10. The van der Waals surface area contributed by atoms with E-state index in [9.17, 15) is 0 Å². The van der Waals surface area contributed by atoms with Crippen LogP contribution in [-0.2, 0) is 6.42 Å². The summed E-state index contributed by atoms with van der Waals surface area (Å²) in [6.07, 6.45) is 2.19. The van der Waals surface area contributed by atoms with Crippen molar-refractivity contribution in [2.75, 3.05) is 0 Å². The van der Waals surface area contributed by atoms with E-state index < -0.39 is 0 Å². The van der Waals surface area contributed by atoms with E-state index in [2.05, 4.69) is 55.5 Å². The summed E-state index contributed by atoms with van der Waals surface area (Å²) in [5, 5.41) is 5.07. The lowest BCUT2D eigenvalue weighted by Gasteiger charge is -2.05. The Morgan fingerprint density at radius 2 is 1.55 bits per heavy atom. The third kappa shape index (κ3) is 2.27. The van der Waals surface area contributed by atoms with Crippen molar-refractivity contribution in [3.63, 3.8) is 0 Å². The molecule has 0 aliphatic carbocycles. The molecule has 0 spiro atoms. The van der Waals surface area contributed by atoms with E-state index in [0.29, 0.717) is 0 Å². The number of para-hydroxylation sites is 1. The van der Waals surface area contributed by atoms with Crippen molar-refractivity contribution in [3.05, 3.63) is 60.2 Å². The molecular formula is C21H24O. The number of hydrogen-bond acceptors (Lipinski definition) is 1. The summed E-state index contributed by atoms with van der Waals surface area (Å²) in [6, 6.07) is 19.2. The molecule has 1 heteroatoms. The monoisotopic (exact) mass is 292 g/mol. The van der Waals surface area contributed by atoms with Gasteiger partial charge in [-0.2, -0.15) is 0 Å². The molecule has 0 radical (unpaired) electrons. The van der Waals surface area contributed by atoms with Crippen LogP contribution in [0, 0.1) is 0 Å². The van der Waals surface area contributed by atoms with Gasteiger partial charge in [-0.3, -0.25) is 0 Å². The third-order valence-corrected chi connectivity index (χ3v) is 3.97. The highest BCUT2D eigenvalue weighted by Crippen LogP contribution is 2.37. The Hall–Kier alpha value is -2.28. The summed E-state index contributed by atoms with van der Waals surface area (Å²) in [6.45, 7) is 2.21. The van der Waals surface area contributed by atoms with E-state index in [1.165, 1.54) is 27.1 Å². The van der Waals surface area contributed by atoms with Crippen LogP contribution in [0.4, 0.5) is 0 Å². The number of benzene rings is 3. The Bertz CT molecular complexity index is 915. The van der Waals surface area contributed by atoms with Crippen LogP contribution in [0.2, 0.25) is 0 Å². The first kappa shape index (κ1) is 16.1. The van der Waals surface area contributed by atoms with Gasteiger partial charge in [0.1, 0.15) is 11.2 Å². The average molecular weight is 292 g/mol. The predicted octanol–water partition coefficient (Wildman–Crippen LogP) is 6.96. The smallest absolute Gasteiger partial charge is 0.139 e. The first-order chi connectivity index (χ1) is 9.88. The standard InChI is InChI=1S/C19H16O.2CH4/c1-2-7-14-12-13-8-3-4-9-15(13)18-16-10-5-6-11-17(16)20-19(14)18;;/h3-6,8-12H,2,7H2,1H3;2*1H4. The molecule has 1 nitrogen and oxygen atoms in total. The highest BCUT2D eigenvalue weighted by atomic mass is 16.3. The molecule has 0 saturated carbocycles. The maximum absolute atomic E-state index is 6.14. The highest BCUT2D eigenvalue weighted by molar-refractivity contribution is 6.19. The fraction of sp³-hybridized carbons (Fsp3) is 0.238. The predicted molar refractivity (Wildman–Crippen MR) is 98.7 cm³/mol. The zero-order chi connectivity index (χ0) is 13.5. The van der Waals surface area contributed by atoms with Crippen molar-refractivity contribution < 1.29 is 4.42 Å². The first-order valence-electron chi connectivity index (χ1n) is 7.20. The van der Waals surface area contributed by atoms with Crippen molar-refractivity contribution in [2.45, 2.75) is 34.6 Å². The van der Waals surface area contributed by atoms with Gasteiger partial charge in [-0.25, -0.2) is 0 Å². The number of fused-ring (bicyclic) bond motifs is 5. The van der Waals surface area contributed by atoms with Gasteiger partial charge in [0.05, 0.1) is 0 Å². The van der Waals surface area contributed by atoms with Crippen molar-refractivity contribution in [2.24, 2.45) is 0 Å². The van der Waals surface area contributed by atoms with Gasteiger partial charge in [0, 0.05) is 10.8 Å². The van der Waals surface area contributed by atoms with Crippen LogP contribution in [0.25, 0.3) is 32.7 Å². The van der Waals surface area contributed by atoms with E-state index in [1.807, 2.05) is 6.07 Å². The van der Waals surface area contributed by atoms with Crippen molar-refractivity contribution in [1.29, 1.82) is 0 Å². The van der Waals surface area contributed by atoms with Crippen LogP contribution < -0.4 is 0 Å². The molecule has 0 fully saturated rings. The SMILES string of the molecule is C.C.CCCc1cc2ccccc2c2c1oc1ccccc12. The quantitative estimate of drug-likeness (QED) is 0.389. The molecule has 1 heterocycles. The maximum Gasteiger partial charge on any atom is 0.139 e. The number of hydrogen-bond donors (Lipinski definition) is 0. The zero-order valence-electron chi connectivity index (χ0n) is 11.5. The average Bonchev–Trinajstić information content (AvgIpc) is 2.88. The Balaban J connectivity index is 0.000000882. The lowest BCUT2D eigenvalue weighted by molar-refractivity contribution is 0.661. The second-order valence-corrected chi connectivity index (χ2v) is 5.31. The molecule has 0 N–H and O–H groups in total. The Morgan fingerprint density at radius 3 is 2.32 bits per heavy atom. The fourth-order valence-electron chi connectivity index (χ4n) is 3.10. The second kappa shape index (κ2) is 6.23. The minimum atomic E-state index is 0. The third-order valence-electron chi connectivity index (χ3n) is 3.97. The molecule has 1 aromatic heterocycles. The summed E-state index contributed by atoms with van der Waals surface area (Å²) in [7, 11) is 0. The van der Waals surface area contributed by atoms with Gasteiger partial charge in [0.25, 0.3) is 0 Å². The topological polar surface area (TPSA) is 13.1 Å². The van der Waals surface area contributed by atoms with Gasteiger partial charge in [-0.1, -0.05) is 70.7 Å². The summed E-state index contributed by atoms with van der Waals surface area (Å²) in [5.74, 6) is 0. The normalized spacial score (nSPS) is 10.6. The Labute approximate surface area is 132 Å². The number of furan rings is 1. The summed E-state index contributed by atoms with van der Waals surface area (Å²) < 4.78 is 6.14. The van der Waals surface area contributed by atoms with Gasteiger partial charge in [-0.15, -0.1) is 0 Å². The minimum Gasteiger partial charge on any atom is -0.456 e. The highest BCUT2D eigenvalue weighted by Gasteiger charge is 2.13. The van der Waals surface area contributed by atoms with Gasteiger partial charge in [-0.05, 0) is 34.9 Å². The molecule has 0 saturated heterocycles. The van der Waals surface area contributed by atoms with E-state index in [1.54, 1.807) is 0 Å².